The van der Waals surface area contributed by atoms with Crippen LogP contribution in [-0.2, 0) is 9.53 Å². The maximum Gasteiger partial charge on any atom is 0.226 e. The second-order valence-corrected chi connectivity index (χ2v) is 6.86. The van der Waals surface area contributed by atoms with Crippen molar-refractivity contribution in [3.63, 3.8) is 0 Å². The molecule has 2 atom stereocenters. The lowest BCUT2D eigenvalue weighted by Gasteiger charge is -2.30. The molecule has 3 fully saturated rings. The Morgan fingerprint density at radius 3 is 2.76 bits per heavy atom. The summed E-state index contributed by atoms with van der Waals surface area (Å²) < 4.78 is 5.37. The van der Waals surface area contributed by atoms with E-state index in [1.807, 2.05) is 0 Å². The Kier molecular flexibility index (Phi) is 3.54. The van der Waals surface area contributed by atoms with Crippen LogP contribution in [0.15, 0.2) is 5.51 Å². The van der Waals surface area contributed by atoms with E-state index in [2.05, 4.69) is 20.0 Å². The van der Waals surface area contributed by atoms with Crippen LogP contribution in [0.5, 0.6) is 0 Å². The number of hydrogen-bond donors (Lipinski definition) is 0. The lowest BCUT2D eigenvalue weighted by Crippen LogP contribution is -2.43. The summed E-state index contributed by atoms with van der Waals surface area (Å²) in [6, 6.07) is 0.797. The summed E-state index contributed by atoms with van der Waals surface area (Å²) in [4.78, 5) is 17.3. The Morgan fingerprint density at radius 2 is 2.00 bits per heavy atom. The van der Waals surface area contributed by atoms with Crippen molar-refractivity contribution in [2.75, 3.05) is 31.2 Å². The fourth-order valence-corrected chi connectivity index (χ4v) is 4.61. The second kappa shape index (κ2) is 5.53. The van der Waals surface area contributed by atoms with Crippen LogP contribution in [-0.4, -0.2) is 59.4 Å². The van der Waals surface area contributed by atoms with Crippen LogP contribution in [0.1, 0.15) is 25.7 Å². The summed E-state index contributed by atoms with van der Waals surface area (Å²) in [7, 11) is 0. The maximum atomic E-state index is 12.8. The van der Waals surface area contributed by atoms with Gasteiger partial charge in [0.25, 0.3) is 0 Å². The van der Waals surface area contributed by atoms with Crippen molar-refractivity contribution in [3.05, 3.63) is 5.51 Å². The van der Waals surface area contributed by atoms with Gasteiger partial charge in [0.05, 0.1) is 12.1 Å². The number of hydrogen-bond acceptors (Lipinski definition) is 6. The summed E-state index contributed by atoms with van der Waals surface area (Å²) >= 11 is 1.59. The van der Waals surface area contributed by atoms with Crippen molar-refractivity contribution in [1.82, 2.24) is 15.1 Å². The highest BCUT2D eigenvalue weighted by atomic mass is 32.1. The van der Waals surface area contributed by atoms with Crippen LogP contribution in [0, 0.1) is 5.92 Å². The van der Waals surface area contributed by atoms with Gasteiger partial charge in [-0.2, -0.15) is 0 Å². The molecule has 7 heteroatoms. The van der Waals surface area contributed by atoms with Crippen LogP contribution in [0.3, 0.4) is 0 Å². The Bertz CT molecular complexity index is 503. The molecule has 1 aromatic rings. The standard InChI is InChI=1S/C14H20N4O2S/c19-13(10-3-7-20-8-4-10)17-5-1-12-11(17)2-6-18(12)14-16-15-9-21-14/h9-12H,1-8H2/t11-,12+/m1/s1. The Labute approximate surface area is 128 Å². The largest absolute Gasteiger partial charge is 0.381 e. The van der Waals surface area contributed by atoms with Gasteiger partial charge in [-0.25, -0.2) is 0 Å². The van der Waals surface area contributed by atoms with Gasteiger partial charge in [-0.05, 0) is 25.7 Å². The number of carbonyl (C=O) groups is 1. The number of ether oxygens (including phenoxy) is 1. The van der Waals surface area contributed by atoms with Gasteiger partial charge in [-0.3, -0.25) is 4.79 Å². The third kappa shape index (κ3) is 2.32. The number of fused-ring (bicyclic) bond motifs is 1. The number of likely N-dealkylation sites (tertiary alicyclic amines) is 1. The Hall–Kier alpha value is -1.21. The van der Waals surface area contributed by atoms with Crippen LogP contribution in [0.2, 0.25) is 0 Å². The number of rotatable bonds is 2. The first-order chi connectivity index (χ1) is 10.3. The molecule has 0 bridgehead atoms. The summed E-state index contributed by atoms with van der Waals surface area (Å²) in [5, 5.41) is 9.14. The fraction of sp³-hybridized carbons (Fsp3) is 0.786. The summed E-state index contributed by atoms with van der Waals surface area (Å²) in [6.45, 7) is 3.34. The molecule has 0 radical (unpaired) electrons. The predicted molar refractivity (Wildman–Crippen MR) is 79.3 cm³/mol. The normalized spacial score (nSPS) is 29.9. The lowest BCUT2D eigenvalue weighted by atomic mass is 9.98. The minimum Gasteiger partial charge on any atom is -0.381 e. The van der Waals surface area contributed by atoms with Gasteiger partial charge in [-0.15, -0.1) is 10.2 Å². The van der Waals surface area contributed by atoms with Gasteiger partial charge in [0, 0.05) is 32.2 Å². The second-order valence-electron chi connectivity index (χ2n) is 6.05. The molecule has 1 aromatic heterocycles. The third-order valence-corrected chi connectivity index (χ3v) is 5.75. The molecular weight excluding hydrogens is 288 g/mol. The summed E-state index contributed by atoms with van der Waals surface area (Å²) in [6.07, 6.45) is 3.87. The van der Waals surface area contributed by atoms with Crippen LogP contribution < -0.4 is 4.90 Å². The van der Waals surface area contributed by atoms with Crippen molar-refractivity contribution in [3.8, 4) is 0 Å². The number of aromatic nitrogens is 2. The minimum absolute atomic E-state index is 0.174. The van der Waals surface area contributed by atoms with Gasteiger partial charge in [0.2, 0.25) is 11.0 Å². The first kappa shape index (κ1) is 13.5. The SMILES string of the molecule is O=C(C1CCOCC1)N1CC[C@H]2[C@H]1CCN2c1nncs1. The molecule has 21 heavy (non-hydrogen) atoms. The number of amides is 1. The van der Waals surface area contributed by atoms with Gasteiger partial charge in [-0.1, -0.05) is 11.3 Å². The van der Waals surface area contributed by atoms with Crippen LogP contribution >= 0.6 is 11.3 Å². The van der Waals surface area contributed by atoms with Crippen LogP contribution in [0.4, 0.5) is 5.13 Å². The first-order valence-corrected chi connectivity index (χ1v) is 8.63. The Balaban J connectivity index is 1.46. The van der Waals surface area contributed by atoms with E-state index in [0.29, 0.717) is 18.0 Å². The molecule has 0 spiro atoms. The van der Waals surface area contributed by atoms with E-state index < -0.39 is 0 Å². The van der Waals surface area contributed by atoms with E-state index in [1.54, 1.807) is 16.8 Å². The average Bonchev–Trinajstić information content (AvgIpc) is 3.24. The van der Waals surface area contributed by atoms with Crippen molar-refractivity contribution in [1.29, 1.82) is 0 Å². The smallest absolute Gasteiger partial charge is 0.226 e. The van der Waals surface area contributed by atoms with E-state index in [-0.39, 0.29) is 5.92 Å². The zero-order chi connectivity index (χ0) is 14.2. The fourth-order valence-electron chi connectivity index (χ4n) is 3.97. The van der Waals surface area contributed by atoms with Crippen molar-refractivity contribution in [2.45, 2.75) is 37.8 Å². The molecule has 4 heterocycles. The molecule has 0 aliphatic carbocycles. The van der Waals surface area contributed by atoms with E-state index in [9.17, 15) is 4.79 Å². The topological polar surface area (TPSA) is 58.6 Å². The molecule has 1 amide bonds. The van der Waals surface area contributed by atoms with E-state index in [4.69, 9.17) is 4.74 Å². The molecule has 0 aromatic carbocycles. The van der Waals surface area contributed by atoms with Crippen LogP contribution in [0.25, 0.3) is 0 Å². The van der Waals surface area contributed by atoms with Gasteiger partial charge >= 0.3 is 0 Å². The number of carbonyl (C=O) groups excluding carboxylic acids is 1. The van der Waals surface area contributed by atoms with Gasteiger partial charge < -0.3 is 14.5 Å². The quantitative estimate of drug-likeness (QED) is 0.820. The first-order valence-electron chi connectivity index (χ1n) is 7.75. The van der Waals surface area contributed by atoms with Crippen molar-refractivity contribution in [2.24, 2.45) is 5.92 Å². The molecule has 114 valence electrons. The average molecular weight is 308 g/mol. The highest BCUT2D eigenvalue weighted by Gasteiger charge is 2.46. The molecule has 3 aliphatic heterocycles. The summed E-state index contributed by atoms with van der Waals surface area (Å²) in [5.41, 5.74) is 1.78. The lowest BCUT2D eigenvalue weighted by molar-refractivity contribution is -0.139. The van der Waals surface area contributed by atoms with Crippen molar-refractivity contribution < 1.29 is 9.53 Å². The maximum absolute atomic E-state index is 12.8. The molecule has 6 nitrogen and oxygen atoms in total. The highest BCUT2D eigenvalue weighted by molar-refractivity contribution is 7.13. The monoisotopic (exact) mass is 308 g/mol. The van der Waals surface area contributed by atoms with E-state index >= 15 is 0 Å². The minimum atomic E-state index is 0.174. The summed E-state index contributed by atoms with van der Waals surface area (Å²) in [5.74, 6) is 0.526. The molecule has 0 unspecified atom stereocenters. The van der Waals surface area contributed by atoms with E-state index in [0.717, 1.165) is 57.1 Å². The van der Waals surface area contributed by atoms with Gasteiger partial charge in [0.1, 0.15) is 5.51 Å². The molecule has 3 saturated heterocycles. The number of nitrogens with zero attached hydrogens (tertiary/aromatic N) is 4. The molecule has 0 saturated carbocycles. The molecule has 3 aliphatic rings. The zero-order valence-electron chi connectivity index (χ0n) is 12.0. The molecular formula is C14H20N4O2S. The highest BCUT2D eigenvalue weighted by Crippen LogP contribution is 2.36. The Morgan fingerprint density at radius 1 is 1.19 bits per heavy atom. The third-order valence-electron chi connectivity index (χ3n) is 5.02. The predicted octanol–water partition coefficient (Wildman–Crippen LogP) is 1.14. The van der Waals surface area contributed by atoms with Crippen molar-refractivity contribution >= 4 is 22.4 Å². The van der Waals surface area contributed by atoms with Gasteiger partial charge in [0.15, 0.2) is 0 Å². The molecule has 4 rings (SSSR count). The molecule has 0 N–H and O–H groups in total. The zero-order valence-corrected chi connectivity index (χ0v) is 12.8. The van der Waals surface area contributed by atoms with E-state index in [1.165, 1.54) is 0 Å². The number of anilines is 1.